The minimum Gasteiger partial charge on any atom is -0.0988 e. The molecule has 0 saturated heterocycles. The zero-order chi connectivity index (χ0) is 17.8. The lowest BCUT2D eigenvalue weighted by atomic mass is 9.93. The van der Waals surface area contributed by atoms with Gasteiger partial charge < -0.3 is 0 Å². The number of allylic oxidation sites excluding steroid dienone is 7. The Kier molecular flexibility index (Phi) is 9.84. The van der Waals surface area contributed by atoms with Crippen LogP contribution in [0.3, 0.4) is 0 Å². The van der Waals surface area contributed by atoms with Gasteiger partial charge in [0.1, 0.15) is 0 Å². The summed E-state index contributed by atoms with van der Waals surface area (Å²) in [5, 5.41) is 0. The van der Waals surface area contributed by atoms with Crippen LogP contribution < -0.4 is 0 Å². The molecule has 0 amide bonds. The molecule has 0 bridgehead atoms. The fraction of sp³-hybridized carbons (Fsp3) is 0.417. The highest BCUT2D eigenvalue weighted by molar-refractivity contribution is 5.28. The molecule has 0 heterocycles. The van der Waals surface area contributed by atoms with Crippen molar-refractivity contribution in [2.75, 3.05) is 0 Å². The minimum atomic E-state index is 0.488. The summed E-state index contributed by atoms with van der Waals surface area (Å²) >= 11 is 0. The van der Waals surface area contributed by atoms with E-state index in [1.54, 1.807) is 0 Å². The van der Waals surface area contributed by atoms with Gasteiger partial charge in [0.05, 0.1) is 0 Å². The Morgan fingerprint density at radius 2 is 1.67 bits per heavy atom. The van der Waals surface area contributed by atoms with Crippen molar-refractivity contribution in [3.8, 4) is 0 Å². The highest BCUT2D eigenvalue weighted by Gasteiger charge is 2.06. The molecule has 1 aromatic rings. The lowest BCUT2D eigenvalue weighted by Gasteiger charge is -2.12. The van der Waals surface area contributed by atoms with E-state index >= 15 is 0 Å². The van der Waals surface area contributed by atoms with Gasteiger partial charge in [-0.1, -0.05) is 84.9 Å². The van der Waals surface area contributed by atoms with Crippen LogP contribution >= 0.6 is 0 Å². The Morgan fingerprint density at radius 3 is 2.25 bits per heavy atom. The van der Waals surface area contributed by atoms with Crippen molar-refractivity contribution in [1.29, 1.82) is 0 Å². The molecule has 1 aromatic carbocycles. The van der Waals surface area contributed by atoms with Gasteiger partial charge in [0.25, 0.3) is 0 Å². The molecule has 130 valence electrons. The molecule has 1 rings (SSSR count). The summed E-state index contributed by atoms with van der Waals surface area (Å²) in [5.74, 6) is 0.488. The Morgan fingerprint density at radius 1 is 1.00 bits per heavy atom. The Labute approximate surface area is 149 Å². The first-order chi connectivity index (χ1) is 11.6. The second-order valence-corrected chi connectivity index (χ2v) is 6.78. The van der Waals surface area contributed by atoms with E-state index in [1.807, 2.05) is 6.08 Å². The molecular weight excluding hydrogens is 288 g/mol. The largest absolute Gasteiger partial charge is 0.0988 e. The quantitative estimate of drug-likeness (QED) is 0.305. The summed E-state index contributed by atoms with van der Waals surface area (Å²) in [7, 11) is 0. The van der Waals surface area contributed by atoms with Crippen LogP contribution in [0.15, 0.2) is 77.9 Å². The first kappa shape index (κ1) is 20.2. The lowest BCUT2D eigenvalue weighted by molar-refractivity contribution is 0.793. The van der Waals surface area contributed by atoms with E-state index in [-0.39, 0.29) is 0 Å². The molecule has 0 aromatic heterocycles. The predicted molar refractivity (Wildman–Crippen MR) is 109 cm³/mol. The molecule has 1 atom stereocenters. The van der Waals surface area contributed by atoms with Gasteiger partial charge in [-0.2, -0.15) is 0 Å². The summed E-state index contributed by atoms with van der Waals surface area (Å²) in [5.41, 5.74) is 5.66. The summed E-state index contributed by atoms with van der Waals surface area (Å²) in [6.07, 6.45) is 14.8. The Bertz CT molecular complexity index is 565. The molecule has 0 aliphatic rings. The molecule has 0 N–H and O–H groups in total. The van der Waals surface area contributed by atoms with Crippen LogP contribution in [0.1, 0.15) is 71.3 Å². The molecule has 0 aliphatic heterocycles. The highest BCUT2D eigenvalue weighted by Crippen LogP contribution is 2.24. The third-order valence-corrected chi connectivity index (χ3v) is 4.36. The van der Waals surface area contributed by atoms with Crippen LogP contribution in [0.5, 0.6) is 0 Å². The zero-order valence-corrected chi connectivity index (χ0v) is 16.0. The molecule has 0 radical (unpaired) electrons. The van der Waals surface area contributed by atoms with Gasteiger partial charge in [0.2, 0.25) is 0 Å². The van der Waals surface area contributed by atoms with E-state index in [0.717, 1.165) is 25.7 Å². The van der Waals surface area contributed by atoms with Crippen LogP contribution in [0.25, 0.3) is 0 Å². The second-order valence-electron chi connectivity index (χ2n) is 6.78. The van der Waals surface area contributed by atoms with Crippen LogP contribution in [0.2, 0.25) is 0 Å². The number of rotatable bonds is 10. The van der Waals surface area contributed by atoms with Crippen LogP contribution in [0.4, 0.5) is 0 Å². The SMILES string of the molecule is C=C/C(=C\C(CC)c1ccccc1)CC/C=C(\C)CCC=C(C)C. The average molecular weight is 323 g/mol. The molecule has 0 nitrogen and oxygen atoms in total. The molecule has 0 aliphatic carbocycles. The first-order valence-corrected chi connectivity index (χ1v) is 9.23. The Hall–Kier alpha value is -1.82. The van der Waals surface area contributed by atoms with E-state index in [4.69, 9.17) is 0 Å². The number of hydrogen-bond acceptors (Lipinski definition) is 0. The lowest BCUT2D eigenvalue weighted by Crippen LogP contribution is -1.95. The maximum atomic E-state index is 4.01. The van der Waals surface area contributed by atoms with Gasteiger partial charge in [-0.05, 0) is 58.4 Å². The van der Waals surface area contributed by atoms with Crippen LogP contribution in [-0.2, 0) is 0 Å². The van der Waals surface area contributed by atoms with Crippen molar-refractivity contribution < 1.29 is 0 Å². The predicted octanol–water partition coefficient (Wildman–Crippen LogP) is 7.77. The Balaban J connectivity index is 2.60. The van der Waals surface area contributed by atoms with Gasteiger partial charge in [-0.15, -0.1) is 0 Å². The molecule has 1 unspecified atom stereocenters. The van der Waals surface area contributed by atoms with Crippen molar-refractivity contribution in [3.63, 3.8) is 0 Å². The third kappa shape index (κ3) is 8.15. The highest BCUT2D eigenvalue weighted by atomic mass is 14.1. The summed E-state index contributed by atoms with van der Waals surface area (Å²) in [6, 6.07) is 10.8. The van der Waals surface area contributed by atoms with E-state index in [0.29, 0.717) is 5.92 Å². The van der Waals surface area contributed by atoms with Crippen molar-refractivity contribution in [3.05, 3.63) is 83.5 Å². The minimum absolute atomic E-state index is 0.488. The monoisotopic (exact) mass is 322 g/mol. The van der Waals surface area contributed by atoms with Gasteiger partial charge in [-0.25, -0.2) is 0 Å². The van der Waals surface area contributed by atoms with Crippen molar-refractivity contribution in [1.82, 2.24) is 0 Å². The molecule has 0 fully saturated rings. The van der Waals surface area contributed by atoms with E-state index in [1.165, 1.54) is 28.7 Å². The van der Waals surface area contributed by atoms with E-state index in [2.05, 4.69) is 82.8 Å². The first-order valence-electron chi connectivity index (χ1n) is 9.23. The van der Waals surface area contributed by atoms with E-state index < -0.39 is 0 Å². The summed E-state index contributed by atoms with van der Waals surface area (Å²) in [4.78, 5) is 0. The second kappa shape index (κ2) is 11.7. The normalized spacial score (nSPS) is 13.5. The fourth-order valence-electron chi connectivity index (χ4n) is 2.84. The van der Waals surface area contributed by atoms with Gasteiger partial charge in [0, 0.05) is 5.92 Å². The molecule has 24 heavy (non-hydrogen) atoms. The van der Waals surface area contributed by atoms with Gasteiger partial charge >= 0.3 is 0 Å². The fourth-order valence-corrected chi connectivity index (χ4v) is 2.84. The van der Waals surface area contributed by atoms with Crippen molar-refractivity contribution in [2.45, 2.75) is 65.7 Å². The molecule has 0 heteroatoms. The van der Waals surface area contributed by atoms with Gasteiger partial charge in [-0.3, -0.25) is 0 Å². The summed E-state index contributed by atoms with van der Waals surface area (Å²) in [6.45, 7) is 12.8. The summed E-state index contributed by atoms with van der Waals surface area (Å²) < 4.78 is 0. The molecular formula is C24H34. The number of hydrogen-bond donors (Lipinski definition) is 0. The van der Waals surface area contributed by atoms with E-state index in [9.17, 15) is 0 Å². The van der Waals surface area contributed by atoms with Crippen LogP contribution in [0, 0.1) is 0 Å². The standard InChI is InChI=1S/C24H34/c1-6-22(16-12-15-21(5)14-11-13-20(3)4)19-23(7-2)24-17-9-8-10-18-24/h6,8-10,13,15,17-19,23H,1,7,11-12,14,16H2,2-5H3/b21-15+,22-19+. The molecule has 0 spiro atoms. The topological polar surface area (TPSA) is 0 Å². The smallest absolute Gasteiger partial charge is 0.00211 e. The van der Waals surface area contributed by atoms with Crippen molar-refractivity contribution in [2.24, 2.45) is 0 Å². The number of benzene rings is 1. The maximum absolute atomic E-state index is 4.01. The third-order valence-electron chi connectivity index (χ3n) is 4.36. The van der Waals surface area contributed by atoms with Gasteiger partial charge in [0.15, 0.2) is 0 Å². The average Bonchev–Trinajstić information content (AvgIpc) is 2.58. The maximum Gasteiger partial charge on any atom is 0.00211 e. The van der Waals surface area contributed by atoms with Crippen LogP contribution in [-0.4, -0.2) is 0 Å². The van der Waals surface area contributed by atoms with Crippen molar-refractivity contribution >= 4 is 0 Å². The molecule has 0 saturated carbocycles. The zero-order valence-electron chi connectivity index (χ0n) is 16.0.